The summed E-state index contributed by atoms with van der Waals surface area (Å²) in [4.78, 5) is 34.2. The maximum absolute atomic E-state index is 14.0. The number of ether oxygens (including phenoxy) is 1. The molecule has 33 heavy (non-hydrogen) atoms. The van der Waals surface area contributed by atoms with Crippen LogP contribution < -0.4 is 4.90 Å². The summed E-state index contributed by atoms with van der Waals surface area (Å²) in [7, 11) is 2.95. The average molecular weight is 445 g/mol. The Hall–Kier alpha value is -4.00. The van der Waals surface area contributed by atoms with Gasteiger partial charge in [-0.2, -0.15) is 0 Å². The number of benzene rings is 2. The Labute approximate surface area is 191 Å². The van der Waals surface area contributed by atoms with Gasteiger partial charge in [-0.15, -0.1) is 0 Å². The van der Waals surface area contributed by atoms with E-state index in [1.54, 1.807) is 43.6 Å². The number of methoxy groups -OCH3 is 1. The van der Waals surface area contributed by atoms with Crippen molar-refractivity contribution >= 4 is 28.5 Å². The predicted octanol–water partition coefficient (Wildman–Crippen LogP) is 5.14. The van der Waals surface area contributed by atoms with E-state index in [1.165, 1.54) is 24.1 Å². The molecule has 6 nitrogen and oxygen atoms in total. The first-order valence-electron chi connectivity index (χ1n) is 10.6. The summed E-state index contributed by atoms with van der Waals surface area (Å²) in [5.74, 6) is -0.937. The van der Waals surface area contributed by atoms with Gasteiger partial charge < -0.3 is 14.6 Å². The van der Waals surface area contributed by atoms with Crippen LogP contribution in [-0.4, -0.2) is 36.0 Å². The first-order chi connectivity index (χ1) is 16.0. The zero-order chi connectivity index (χ0) is 23.4. The van der Waals surface area contributed by atoms with E-state index < -0.39 is 5.97 Å². The van der Waals surface area contributed by atoms with Gasteiger partial charge in [-0.1, -0.05) is 18.2 Å². The lowest BCUT2D eigenvalue weighted by Crippen LogP contribution is -2.27. The summed E-state index contributed by atoms with van der Waals surface area (Å²) in [6.45, 7) is 0. The van der Waals surface area contributed by atoms with Crippen LogP contribution in [0.5, 0.6) is 0 Å². The summed E-state index contributed by atoms with van der Waals surface area (Å²) in [6, 6.07) is 17.1. The molecule has 4 aromatic rings. The zero-order valence-corrected chi connectivity index (χ0v) is 18.5. The van der Waals surface area contributed by atoms with Gasteiger partial charge in [0.15, 0.2) is 0 Å². The molecule has 4 rings (SSSR count). The van der Waals surface area contributed by atoms with Crippen LogP contribution in [0.3, 0.4) is 0 Å². The second-order valence-electron chi connectivity index (χ2n) is 7.70. The molecule has 2 aromatic carbocycles. The summed E-state index contributed by atoms with van der Waals surface area (Å²) in [5, 5.41) is 0.785. The molecule has 0 radical (unpaired) electrons. The number of pyridine rings is 1. The summed E-state index contributed by atoms with van der Waals surface area (Å²) in [6.07, 6.45) is 3.08. The minimum atomic E-state index is -0.494. The number of para-hydroxylation sites is 1. The molecule has 1 N–H and O–H groups in total. The Kier molecular flexibility index (Phi) is 6.49. The maximum atomic E-state index is 14.0. The fourth-order valence-corrected chi connectivity index (χ4v) is 3.98. The molecule has 0 aliphatic heterocycles. The highest BCUT2D eigenvalue weighted by molar-refractivity contribution is 6.02. The molecule has 1 amide bonds. The number of amides is 1. The highest BCUT2D eigenvalue weighted by atomic mass is 19.1. The minimum absolute atomic E-state index is 0.128. The molecular formula is C26H24FN3O3. The number of carbonyl (C=O) groups excluding carboxylic acids is 2. The van der Waals surface area contributed by atoms with E-state index in [1.807, 2.05) is 18.2 Å². The smallest absolute Gasteiger partial charge is 0.339 e. The van der Waals surface area contributed by atoms with Crippen LogP contribution in [-0.2, 0) is 16.0 Å². The number of hydrogen-bond acceptors (Lipinski definition) is 4. The second kappa shape index (κ2) is 9.65. The Balaban J connectivity index is 1.54. The van der Waals surface area contributed by atoms with Gasteiger partial charge >= 0.3 is 5.97 Å². The van der Waals surface area contributed by atoms with E-state index in [9.17, 15) is 14.0 Å². The number of fused-ring (bicyclic) bond motifs is 1. The number of carbonyl (C=O) groups is 2. The van der Waals surface area contributed by atoms with Crippen LogP contribution in [0.2, 0.25) is 0 Å². The van der Waals surface area contributed by atoms with Gasteiger partial charge in [0, 0.05) is 30.6 Å². The number of halogens is 1. The van der Waals surface area contributed by atoms with E-state index in [0.29, 0.717) is 24.1 Å². The summed E-state index contributed by atoms with van der Waals surface area (Å²) < 4.78 is 18.8. The average Bonchev–Trinajstić information content (AvgIpc) is 3.21. The van der Waals surface area contributed by atoms with Crippen LogP contribution in [0.15, 0.2) is 66.9 Å². The largest absolute Gasteiger partial charge is 0.465 e. The fourth-order valence-electron chi connectivity index (χ4n) is 3.98. The second-order valence-corrected chi connectivity index (χ2v) is 7.70. The van der Waals surface area contributed by atoms with Crippen molar-refractivity contribution in [2.45, 2.75) is 19.3 Å². The molecule has 0 saturated heterocycles. The number of anilines is 1. The number of aromatic amines is 1. The van der Waals surface area contributed by atoms with Crippen molar-refractivity contribution < 1.29 is 18.7 Å². The van der Waals surface area contributed by atoms with Crippen molar-refractivity contribution in [3.05, 3.63) is 83.8 Å². The van der Waals surface area contributed by atoms with Crippen LogP contribution in [0.1, 0.15) is 28.8 Å². The third kappa shape index (κ3) is 4.62. The van der Waals surface area contributed by atoms with E-state index in [0.717, 1.165) is 27.9 Å². The maximum Gasteiger partial charge on any atom is 0.339 e. The van der Waals surface area contributed by atoms with Crippen molar-refractivity contribution in [1.82, 2.24) is 9.97 Å². The Morgan fingerprint density at radius 2 is 1.88 bits per heavy atom. The van der Waals surface area contributed by atoms with Crippen molar-refractivity contribution in [2.75, 3.05) is 19.1 Å². The molecular weight excluding hydrogens is 421 g/mol. The zero-order valence-electron chi connectivity index (χ0n) is 18.5. The molecule has 0 aliphatic rings. The van der Waals surface area contributed by atoms with Crippen LogP contribution in [0.25, 0.3) is 22.3 Å². The lowest BCUT2D eigenvalue weighted by atomic mass is 10.0. The van der Waals surface area contributed by atoms with E-state index in [2.05, 4.69) is 9.97 Å². The lowest BCUT2D eigenvalue weighted by molar-refractivity contribution is -0.118. The molecule has 7 heteroatoms. The Bertz CT molecular complexity index is 1300. The SMILES string of the molecule is COC(=O)c1ccccc1N(C)C(=O)CCCc1c(-c2ccccn2)[nH]c2ccc(F)cc12. The van der Waals surface area contributed by atoms with Gasteiger partial charge in [-0.3, -0.25) is 9.78 Å². The lowest BCUT2D eigenvalue weighted by Gasteiger charge is -2.20. The molecule has 168 valence electrons. The number of esters is 1. The van der Waals surface area contributed by atoms with Gasteiger partial charge in [-0.05, 0) is 60.9 Å². The molecule has 0 saturated carbocycles. The number of H-pyrrole nitrogens is 1. The van der Waals surface area contributed by atoms with Crippen molar-refractivity contribution in [2.24, 2.45) is 0 Å². The van der Waals surface area contributed by atoms with Gasteiger partial charge in [-0.25, -0.2) is 9.18 Å². The normalized spacial score (nSPS) is 10.9. The molecule has 2 heterocycles. The molecule has 0 atom stereocenters. The standard InChI is InChI=1S/C26H24FN3O3/c1-30(23-11-4-3-8-19(23)26(32)33-2)24(31)12-7-9-18-20-16-17(27)13-14-21(20)29-25(18)22-10-5-6-15-28-22/h3-6,8,10-11,13-16,29H,7,9,12H2,1-2H3. The molecule has 0 spiro atoms. The monoisotopic (exact) mass is 445 g/mol. The van der Waals surface area contributed by atoms with Gasteiger partial charge in [0.1, 0.15) is 5.82 Å². The Morgan fingerprint density at radius 1 is 1.09 bits per heavy atom. The topological polar surface area (TPSA) is 75.3 Å². The van der Waals surface area contributed by atoms with Gasteiger partial charge in [0.05, 0.1) is 29.7 Å². The van der Waals surface area contributed by atoms with E-state index >= 15 is 0 Å². The fraction of sp³-hybridized carbons (Fsp3) is 0.192. The highest BCUT2D eigenvalue weighted by Crippen LogP contribution is 2.31. The first-order valence-corrected chi connectivity index (χ1v) is 10.6. The van der Waals surface area contributed by atoms with Gasteiger partial charge in [0.25, 0.3) is 0 Å². The van der Waals surface area contributed by atoms with Crippen molar-refractivity contribution in [3.8, 4) is 11.4 Å². The number of nitrogens with one attached hydrogen (secondary N) is 1. The predicted molar refractivity (Wildman–Crippen MR) is 126 cm³/mol. The molecule has 0 aliphatic carbocycles. The quantitative estimate of drug-likeness (QED) is 0.400. The molecule has 0 bridgehead atoms. The summed E-state index contributed by atoms with van der Waals surface area (Å²) in [5.41, 5.74) is 4.17. The highest BCUT2D eigenvalue weighted by Gasteiger charge is 2.20. The molecule has 0 unspecified atom stereocenters. The third-order valence-electron chi connectivity index (χ3n) is 5.65. The Morgan fingerprint density at radius 3 is 2.64 bits per heavy atom. The number of hydrogen-bond donors (Lipinski definition) is 1. The van der Waals surface area contributed by atoms with E-state index in [4.69, 9.17) is 4.74 Å². The minimum Gasteiger partial charge on any atom is -0.465 e. The van der Waals surface area contributed by atoms with Gasteiger partial charge in [0.2, 0.25) is 5.91 Å². The number of nitrogens with zero attached hydrogens (tertiary/aromatic N) is 2. The molecule has 2 aromatic heterocycles. The third-order valence-corrected chi connectivity index (χ3v) is 5.65. The van der Waals surface area contributed by atoms with Crippen LogP contribution >= 0.6 is 0 Å². The summed E-state index contributed by atoms with van der Waals surface area (Å²) >= 11 is 0. The van der Waals surface area contributed by atoms with Crippen LogP contribution in [0, 0.1) is 5.82 Å². The van der Waals surface area contributed by atoms with E-state index in [-0.39, 0.29) is 18.1 Å². The first kappa shape index (κ1) is 22.2. The number of aromatic nitrogens is 2. The molecule has 0 fully saturated rings. The van der Waals surface area contributed by atoms with Crippen molar-refractivity contribution in [1.29, 1.82) is 0 Å². The number of aryl methyl sites for hydroxylation is 1. The number of rotatable bonds is 7. The van der Waals surface area contributed by atoms with Crippen molar-refractivity contribution in [3.63, 3.8) is 0 Å². The van der Waals surface area contributed by atoms with Crippen LogP contribution in [0.4, 0.5) is 10.1 Å².